The Morgan fingerprint density at radius 3 is 2.81 bits per heavy atom. The van der Waals surface area contributed by atoms with Crippen molar-refractivity contribution < 1.29 is 14.1 Å². The highest BCUT2D eigenvalue weighted by molar-refractivity contribution is 5.75. The third-order valence-electron chi connectivity index (χ3n) is 2.91. The van der Waals surface area contributed by atoms with E-state index in [0.29, 0.717) is 11.5 Å². The van der Waals surface area contributed by atoms with Gasteiger partial charge >= 0.3 is 11.2 Å². The lowest BCUT2D eigenvalue weighted by molar-refractivity contribution is -0.386. The van der Waals surface area contributed by atoms with Crippen molar-refractivity contribution in [3.8, 4) is 0 Å². The summed E-state index contributed by atoms with van der Waals surface area (Å²) in [7, 11) is 0. The fourth-order valence-corrected chi connectivity index (χ4v) is 1.79. The standard InChI is InChI=1S/C13H13N3O5/c1-9-4-5-11(16(19)20)13(18)15(9)8-12(17)14-7-10-3-2-6-21-10/h2-6H,7-8H2,1H3,(H,14,17). The van der Waals surface area contributed by atoms with Gasteiger partial charge in [0, 0.05) is 11.8 Å². The molecule has 0 atom stereocenters. The highest BCUT2D eigenvalue weighted by Crippen LogP contribution is 2.06. The Hall–Kier alpha value is -2.90. The number of nitrogens with one attached hydrogen (secondary N) is 1. The second-order valence-electron chi connectivity index (χ2n) is 4.36. The molecule has 0 spiro atoms. The third-order valence-corrected chi connectivity index (χ3v) is 2.91. The van der Waals surface area contributed by atoms with Gasteiger partial charge in [-0.3, -0.25) is 24.3 Å². The Morgan fingerprint density at radius 2 is 2.19 bits per heavy atom. The van der Waals surface area contributed by atoms with E-state index >= 15 is 0 Å². The molecular weight excluding hydrogens is 278 g/mol. The number of aromatic nitrogens is 1. The van der Waals surface area contributed by atoms with Crippen molar-refractivity contribution in [3.05, 3.63) is 62.5 Å². The van der Waals surface area contributed by atoms with Crippen LogP contribution in [0.3, 0.4) is 0 Å². The number of hydrogen-bond acceptors (Lipinski definition) is 5. The van der Waals surface area contributed by atoms with E-state index in [0.717, 1.165) is 10.6 Å². The molecule has 0 saturated heterocycles. The summed E-state index contributed by atoms with van der Waals surface area (Å²) in [6, 6.07) is 5.95. The lowest BCUT2D eigenvalue weighted by atomic mass is 10.3. The average Bonchev–Trinajstić information content (AvgIpc) is 2.94. The molecule has 0 aromatic carbocycles. The van der Waals surface area contributed by atoms with E-state index in [1.54, 1.807) is 19.1 Å². The summed E-state index contributed by atoms with van der Waals surface area (Å²) >= 11 is 0. The van der Waals surface area contributed by atoms with E-state index in [9.17, 15) is 19.7 Å². The van der Waals surface area contributed by atoms with E-state index in [-0.39, 0.29) is 13.1 Å². The van der Waals surface area contributed by atoms with Crippen LogP contribution in [0.2, 0.25) is 0 Å². The fraction of sp³-hybridized carbons (Fsp3) is 0.231. The van der Waals surface area contributed by atoms with Gasteiger partial charge in [0.05, 0.1) is 17.7 Å². The van der Waals surface area contributed by atoms with Crippen molar-refractivity contribution >= 4 is 11.6 Å². The fourth-order valence-electron chi connectivity index (χ4n) is 1.79. The number of carbonyl (C=O) groups excluding carboxylic acids is 1. The first-order valence-corrected chi connectivity index (χ1v) is 6.13. The maximum Gasteiger partial charge on any atom is 0.334 e. The first-order valence-electron chi connectivity index (χ1n) is 6.13. The monoisotopic (exact) mass is 291 g/mol. The Labute approximate surface area is 119 Å². The molecule has 0 aliphatic heterocycles. The number of furan rings is 1. The molecule has 0 unspecified atom stereocenters. The lowest BCUT2D eigenvalue weighted by Crippen LogP contribution is -2.33. The van der Waals surface area contributed by atoms with E-state index in [1.165, 1.54) is 12.3 Å². The Morgan fingerprint density at radius 1 is 1.43 bits per heavy atom. The minimum atomic E-state index is -0.798. The van der Waals surface area contributed by atoms with Gasteiger partial charge in [-0.15, -0.1) is 0 Å². The topological polar surface area (TPSA) is 107 Å². The van der Waals surface area contributed by atoms with Gasteiger partial charge in [-0.1, -0.05) is 0 Å². The molecule has 2 aromatic rings. The summed E-state index contributed by atoms with van der Waals surface area (Å²) in [5.74, 6) is 0.142. The van der Waals surface area contributed by atoms with Gasteiger partial charge in [-0.25, -0.2) is 0 Å². The molecule has 1 N–H and O–H groups in total. The maximum atomic E-state index is 11.9. The predicted octanol–water partition coefficient (Wildman–Crippen LogP) is 0.974. The van der Waals surface area contributed by atoms with Crippen LogP contribution >= 0.6 is 0 Å². The summed E-state index contributed by atoms with van der Waals surface area (Å²) in [6.07, 6.45) is 1.48. The summed E-state index contributed by atoms with van der Waals surface area (Å²) in [5, 5.41) is 13.3. The number of nitro groups is 1. The normalized spacial score (nSPS) is 10.3. The van der Waals surface area contributed by atoms with Crippen LogP contribution in [0.15, 0.2) is 39.7 Å². The van der Waals surface area contributed by atoms with E-state index < -0.39 is 22.1 Å². The minimum absolute atomic E-state index is 0.189. The molecule has 8 nitrogen and oxygen atoms in total. The zero-order chi connectivity index (χ0) is 15.4. The highest BCUT2D eigenvalue weighted by atomic mass is 16.6. The van der Waals surface area contributed by atoms with E-state index in [2.05, 4.69) is 5.32 Å². The molecule has 0 radical (unpaired) electrons. The van der Waals surface area contributed by atoms with Crippen LogP contribution in [0.4, 0.5) is 5.69 Å². The SMILES string of the molecule is Cc1ccc([N+](=O)[O-])c(=O)n1CC(=O)NCc1ccco1. The van der Waals surface area contributed by atoms with Crippen LogP contribution in [0.1, 0.15) is 11.5 Å². The number of aryl methyl sites for hydroxylation is 1. The Kier molecular flexibility index (Phi) is 4.17. The van der Waals surface area contributed by atoms with Gasteiger partial charge in [0.1, 0.15) is 12.3 Å². The van der Waals surface area contributed by atoms with Crippen molar-refractivity contribution in [1.29, 1.82) is 0 Å². The molecule has 2 heterocycles. The maximum absolute atomic E-state index is 11.9. The molecule has 110 valence electrons. The van der Waals surface area contributed by atoms with Crippen molar-refractivity contribution in [1.82, 2.24) is 9.88 Å². The second kappa shape index (κ2) is 6.04. The molecule has 0 aliphatic carbocycles. The lowest BCUT2D eigenvalue weighted by Gasteiger charge is -2.09. The summed E-state index contributed by atoms with van der Waals surface area (Å²) in [6.45, 7) is 1.51. The van der Waals surface area contributed by atoms with E-state index in [4.69, 9.17) is 4.42 Å². The molecule has 0 bridgehead atoms. The second-order valence-corrected chi connectivity index (χ2v) is 4.36. The molecule has 2 rings (SSSR count). The number of pyridine rings is 1. The number of rotatable bonds is 5. The van der Waals surface area contributed by atoms with Crippen LogP contribution < -0.4 is 10.9 Å². The zero-order valence-corrected chi connectivity index (χ0v) is 11.2. The average molecular weight is 291 g/mol. The molecule has 8 heteroatoms. The number of carbonyl (C=O) groups is 1. The molecule has 21 heavy (non-hydrogen) atoms. The summed E-state index contributed by atoms with van der Waals surface area (Å²) < 4.78 is 6.12. The largest absolute Gasteiger partial charge is 0.467 e. The highest BCUT2D eigenvalue weighted by Gasteiger charge is 2.17. The van der Waals surface area contributed by atoms with Gasteiger partial charge in [-0.2, -0.15) is 0 Å². The predicted molar refractivity (Wildman–Crippen MR) is 72.6 cm³/mol. The summed E-state index contributed by atoms with van der Waals surface area (Å²) in [4.78, 5) is 33.7. The van der Waals surface area contributed by atoms with Gasteiger partial charge in [-0.05, 0) is 25.1 Å². The number of nitrogens with zero attached hydrogens (tertiary/aromatic N) is 2. The van der Waals surface area contributed by atoms with Gasteiger partial charge in [0.2, 0.25) is 5.91 Å². The smallest absolute Gasteiger partial charge is 0.334 e. The van der Waals surface area contributed by atoms with Crippen molar-refractivity contribution in [2.75, 3.05) is 0 Å². The molecule has 0 fully saturated rings. The van der Waals surface area contributed by atoms with Crippen molar-refractivity contribution in [2.45, 2.75) is 20.0 Å². The van der Waals surface area contributed by atoms with Crippen LogP contribution in [-0.4, -0.2) is 15.4 Å². The molecule has 0 saturated carbocycles. The quantitative estimate of drug-likeness (QED) is 0.652. The minimum Gasteiger partial charge on any atom is -0.467 e. The first-order chi connectivity index (χ1) is 9.99. The van der Waals surface area contributed by atoms with Crippen molar-refractivity contribution in [2.24, 2.45) is 0 Å². The third kappa shape index (κ3) is 3.35. The van der Waals surface area contributed by atoms with Crippen molar-refractivity contribution in [3.63, 3.8) is 0 Å². The van der Waals surface area contributed by atoms with Crippen LogP contribution in [0.5, 0.6) is 0 Å². The summed E-state index contributed by atoms with van der Waals surface area (Å²) in [5.41, 5.74) is -0.883. The van der Waals surface area contributed by atoms with E-state index in [1.807, 2.05) is 0 Å². The molecular formula is C13H13N3O5. The van der Waals surface area contributed by atoms with Gasteiger partial charge in [0.15, 0.2) is 0 Å². The molecule has 0 aliphatic rings. The Balaban J connectivity index is 2.11. The van der Waals surface area contributed by atoms with Gasteiger partial charge in [0.25, 0.3) is 0 Å². The molecule has 1 amide bonds. The van der Waals surface area contributed by atoms with Crippen LogP contribution in [-0.2, 0) is 17.9 Å². The van der Waals surface area contributed by atoms with Gasteiger partial charge < -0.3 is 9.73 Å². The first kappa shape index (κ1) is 14.5. The Bertz CT molecular complexity index is 718. The number of hydrogen-bond donors (Lipinski definition) is 1. The van der Waals surface area contributed by atoms with Crippen LogP contribution in [0, 0.1) is 17.0 Å². The zero-order valence-electron chi connectivity index (χ0n) is 11.2. The molecule has 2 aromatic heterocycles. The number of amides is 1. The van der Waals surface area contributed by atoms with Crippen LogP contribution in [0.25, 0.3) is 0 Å².